The third kappa shape index (κ3) is 2.92. The highest BCUT2D eigenvalue weighted by Gasteiger charge is 2.27. The summed E-state index contributed by atoms with van der Waals surface area (Å²) in [5, 5.41) is 7.14. The largest absolute Gasteiger partial charge is 0.343 e. The van der Waals surface area contributed by atoms with Gasteiger partial charge in [0.05, 0.1) is 0 Å². The monoisotopic (exact) mass is 274 g/mol. The van der Waals surface area contributed by atoms with Crippen LogP contribution in [0.2, 0.25) is 0 Å². The Morgan fingerprint density at radius 1 is 1.40 bits per heavy atom. The van der Waals surface area contributed by atoms with Gasteiger partial charge in [-0.3, -0.25) is 9.89 Å². The van der Waals surface area contributed by atoms with Crippen molar-refractivity contribution < 1.29 is 4.79 Å². The van der Waals surface area contributed by atoms with Gasteiger partial charge in [-0.15, -0.1) is 0 Å². The number of likely N-dealkylation sites (tertiary alicyclic amines) is 1. The van der Waals surface area contributed by atoms with Crippen molar-refractivity contribution in [1.29, 1.82) is 0 Å². The molecule has 1 unspecified atom stereocenters. The van der Waals surface area contributed by atoms with E-state index in [1.54, 1.807) is 0 Å². The summed E-state index contributed by atoms with van der Waals surface area (Å²) in [6.07, 6.45) is 9.29. The molecule has 1 aromatic heterocycles. The number of aromatic nitrogens is 3. The van der Waals surface area contributed by atoms with Gasteiger partial charge in [0.25, 0.3) is 0 Å². The first-order chi connectivity index (χ1) is 9.72. The van der Waals surface area contributed by atoms with Crippen molar-refractivity contribution in [3.8, 4) is 0 Å². The number of nitrogens with one attached hydrogen (secondary N) is 1. The third-order valence-corrected chi connectivity index (χ3v) is 4.38. The third-order valence-electron chi connectivity index (χ3n) is 4.38. The maximum atomic E-state index is 12.3. The Kier molecular flexibility index (Phi) is 3.85. The molecule has 1 fully saturated rings. The molecule has 3 rings (SSSR count). The molecule has 5 nitrogen and oxygen atoms in total. The van der Waals surface area contributed by atoms with Crippen molar-refractivity contribution in [3.63, 3.8) is 0 Å². The van der Waals surface area contributed by atoms with Crippen molar-refractivity contribution in [2.45, 2.75) is 44.9 Å². The minimum atomic E-state index is 0.311. The van der Waals surface area contributed by atoms with Crippen LogP contribution in [0.1, 0.15) is 49.7 Å². The molecule has 0 aromatic carbocycles. The number of piperidine rings is 1. The molecule has 0 bridgehead atoms. The van der Waals surface area contributed by atoms with Gasteiger partial charge in [0.1, 0.15) is 5.82 Å². The number of rotatable bonds is 3. The number of hydrogen-bond acceptors (Lipinski definition) is 3. The first kappa shape index (κ1) is 13.3. The number of nitrogens with zero attached hydrogens (tertiary/aromatic N) is 3. The summed E-state index contributed by atoms with van der Waals surface area (Å²) in [5.74, 6) is 2.96. The lowest BCUT2D eigenvalue weighted by Crippen LogP contribution is -2.38. The Hall–Kier alpha value is -1.65. The summed E-state index contributed by atoms with van der Waals surface area (Å²) in [6, 6.07) is 0. The van der Waals surface area contributed by atoms with Crippen LogP contribution in [0.15, 0.2) is 12.2 Å². The number of carbonyl (C=O) groups is 1. The molecular formula is C15H22N4O. The highest BCUT2D eigenvalue weighted by atomic mass is 16.2. The summed E-state index contributed by atoms with van der Waals surface area (Å²) < 4.78 is 0. The van der Waals surface area contributed by atoms with Crippen LogP contribution in [0.5, 0.6) is 0 Å². The molecule has 1 aromatic rings. The Labute approximate surface area is 119 Å². The molecule has 108 valence electrons. The SMILES string of the molecule is Cc1nc(C2CCN(C(=O)CC3C=CCC3)CC2)n[nH]1. The first-order valence-electron chi connectivity index (χ1n) is 7.55. The smallest absolute Gasteiger partial charge is 0.223 e. The topological polar surface area (TPSA) is 61.9 Å². The molecule has 1 atom stereocenters. The fraction of sp³-hybridized carbons (Fsp3) is 0.667. The standard InChI is InChI=1S/C15H22N4O/c1-11-16-15(18-17-11)13-6-8-19(9-7-13)14(20)10-12-4-2-3-5-12/h2,4,12-13H,3,5-10H2,1H3,(H,16,17,18). The van der Waals surface area contributed by atoms with Gasteiger partial charge in [-0.25, -0.2) is 4.98 Å². The van der Waals surface area contributed by atoms with E-state index in [1.807, 2.05) is 11.8 Å². The van der Waals surface area contributed by atoms with Crippen LogP contribution in [0.4, 0.5) is 0 Å². The fourth-order valence-electron chi connectivity index (χ4n) is 3.15. The van der Waals surface area contributed by atoms with E-state index in [2.05, 4.69) is 27.3 Å². The lowest BCUT2D eigenvalue weighted by molar-refractivity contribution is -0.132. The Morgan fingerprint density at radius 2 is 2.20 bits per heavy atom. The summed E-state index contributed by atoms with van der Waals surface area (Å²) in [6.45, 7) is 3.60. The summed E-state index contributed by atoms with van der Waals surface area (Å²) in [5.41, 5.74) is 0. The lowest BCUT2D eigenvalue weighted by Gasteiger charge is -2.31. The highest BCUT2D eigenvalue weighted by molar-refractivity contribution is 5.76. The molecule has 0 saturated carbocycles. The predicted octanol–water partition coefficient (Wildman–Crippen LogP) is 2.18. The quantitative estimate of drug-likeness (QED) is 0.859. The number of H-pyrrole nitrogens is 1. The van der Waals surface area contributed by atoms with Gasteiger partial charge in [-0.1, -0.05) is 12.2 Å². The Balaban J connectivity index is 1.50. The van der Waals surface area contributed by atoms with Crippen LogP contribution >= 0.6 is 0 Å². The van der Waals surface area contributed by atoms with Gasteiger partial charge in [0.2, 0.25) is 5.91 Å². The second kappa shape index (κ2) is 5.77. The summed E-state index contributed by atoms with van der Waals surface area (Å²) in [4.78, 5) is 18.7. The van der Waals surface area contributed by atoms with Crippen LogP contribution in [-0.2, 0) is 4.79 Å². The van der Waals surface area contributed by atoms with Gasteiger partial charge >= 0.3 is 0 Å². The van der Waals surface area contributed by atoms with Gasteiger partial charge < -0.3 is 4.90 Å². The number of aromatic amines is 1. The Morgan fingerprint density at radius 3 is 2.80 bits per heavy atom. The zero-order chi connectivity index (χ0) is 13.9. The zero-order valence-electron chi connectivity index (χ0n) is 12.0. The number of hydrogen-bond donors (Lipinski definition) is 1. The molecule has 1 N–H and O–H groups in total. The molecule has 1 saturated heterocycles. The molecule has 0 spiro atoms. The normalized spacial score (nSPS) is 23.4. The summed E-state index contributed by atoms with van der Waals surface area (Å²) >= 11 is 0. The van der Waals surface area contributed by atoms with Gasteiger partial charge in [-0.05, 0) is 38.5 Å². The molecule has 5 heteroatoms. The van der Waals surface area contributed by atoms with E-state index in [0.29, 0.717) is 24.2 Å². The minimum Gasteiger partial charge on any atom is -0.343 e. The average molecular weight is 274 g/mol. The molecule has 20 heavy (non-hydrogen) atoms. The van der Waals surface area contributed by atoms with Crippen LogP contribution in [0.3, 0.4) is 0 Å². The maximum absolute atomic E-state index is 12.3. The van der Waals surface area contributed by atoms with Crippen molar-refractivity contribution >= 4 is 5.91 Å². The Bertz CT molecular complexity index is 500. The lowest BCUT2D eigenvalue weighted by atomic mass is 9.95. The van der Waals surface area contributed by atoms with Crippen molar-refractivity contribution in [3.05, 3.63) is 23.8 Å². The van der Waals surface area contributed by atoms with Gasteiger partial charge in [0.15, 0.2) is 5.82 Å². The zero-order valence-corrected chi connectivity index (χ0v) is 12.0. The number of carbonyl (C=O) groups excluding carboxylic acids is 1. The summed E-state index contributed by atoms with van der Waals surface area (Å²) in [7, 11) is 0. The average Bonchev–Trinajstić information content (AvgIpc) is 3.10. The molecule has 1 aliphatic carbocycles. The minimum absolute atomic E-state index is 0.311. The van der Waals surface area contributed by atoms with E-state index in [4.69, 9.17) is 0 Å². The van der Waals surface area contributed by atoms with Crippen molar-refractivity contribution in [2.75, 3.05) is 13.1 Å². The fourth-order valence-corrected chi connectivity index (χ4v) is 3.15. The number of aryl methyl sites for hydroxylation is 1. The second-order valence-electron chi connectivity index (χ2n) is 5.90. The molecule has 1 amide bonds. The van der Waals surface area contributed by atoms with Crippen molar-refractivity contribution in [2.24, 2.45) is 5.92 Å². The van der Waals surface area contributed by atoms with Crippen LogP contribution < -0.4 is 0 Å². The van der Waals surface area contributed by atoms with Crippen LogP contribution in [0, 0.1) is 12.8 Å². The molecule has 2 heterocycles. The van der Waals surface area contributed by atoms with E-state index in [0.717, 1.165) is 50.4 Å². The first-order valence-corrected chi connectivity index (χ1v) is 7.55. The second-order valence-corrected chi connectivity index (χ2v) is 5.90. The number of amides is 1. The molecule has 1 aliphatic heterocycles. The van der Waals surface area contributed by atoms with Crippen LogP contribution in [-0.4, -0.2) is 39.1 Å². The predicted molar refractivity (Wildman–Crippen MR) is 76.2 cm³/mol. The van der Waals surface area contributed by atoms with E-state index in [9.17, 15) is 4.79 Å². The van der Waals surface area contributed by atoms with Gasteiger partial charge in [-0.2, -0.15) is 5.10 Å². The number of allylic oxidation sites excluding steroid dienone is 2. The van der Waals surface area contributed by atoms with E-state index in [-0.39, 0.29) is 0 Å². The van der Waals surface area contributed by atoms with E-state index < -0.39 is 0 Å². The van der Waals surface area contributed by atoms with Crippen LogP contribution in [0.25, 0.3) is 0 Å². The molecular weight excluding hydrogens is 252 g/mol. The maximum Gasteiger partial charge on any atom is 0.223 e. The van der Waals surface area contributed by atoms with Crippen molar-refractivity contribution in [1.82, 2.24) is 20.1 Å². The molecule has 2 aliphatic rings. The highest BCUT2D eigenvalue weighted by Crippen LogP contribution is 2.27. The molecule has 0 radical (unpaired) electrons. The van der Waals surface area contributed by atoms with E-state index in [1.165, 1.54) is 0 Å². The van der Waals surface area contributed by atoms with Gasteiger partial charge in [0, 0.05) is 25.4 Å². The van der Waals surface area contributed by atoms with E-state index >= 15 is 0 Å².